The van der Waals surface area contributed by atoms with E-state index in [1.54, 1.807) is 12.5 Å². The van der Waals surface area contributed by atoms with E-state index in [9.17, 15) is 0 Å². The van der Waals surface area contributed by atoms with Crippen molar-refractivity contribution in [1.82, 2.24) is 0 Å². The summed E-state index contributed by atoms with van der Waals surface area (Å²) < 4.78 is 10.2. The van der Waals surface area contributed by atoms with Gasteiger partial charge in [0.05, 0.1) is 6.26 Å². The summed E-state index contributed by atoms with van der Waals surface area (Å²) in [5.41, 5.74) is 2.44. The van der Waals surface area contributed by atoms with Crippen LogP contribution >= 0.6 is 0 Å². The van der Waals surface area contributed by atoms with Crippen molar-refractivity contribution in [3.8, 4) is 0 Å². The minimum absolute atomic E-state index is 0.703. The smallest absolute Gasteiger partial charge is 0.162 e. The second-order valence-electron chi connectivity index (χ2n) is 2.40. The van der Waals surface area contributed by atoms with E-state index < -0.39 is 0 Å². The molecule has 10 heavy (non-hydrogen) atoms. The highest BCUT2D eigenvalue weighted by molar-refractivity contribution is 5.43. The minimum Gasteiger partial charge on any atom is -0.485 e. The van der Waals surface area contributed by atoms with Crippen LogP contribution in [0.15, 0.2) is 35.5 Å². The van der Waals surface area contributed by atoms with Crippen LogP contribution in [-0.2, 0) is 9.47 Å². The molecule has 2 aliphatic heterocycles. The second-order valence-corrected chi connectivity index (χ2v) is 2.40. The first-order valence-corrected chi connectivity index (χ1v) is 3.23. The van der Waals surface area contributed by atoms with Crippen molar-refractivity contribution in [2.45, 2.75) is 6.92 Å². The molecule has 0 aromatic rings. The number of fused-ring (bicyclic) bond motifs is 1. The van der Waals surface area contributed by atoms with Gasteiger partial charge in [-0.3, -0.25) is 0 Å². The largest absolute Gasteiger partial charge is 0.485 e. The zero-order chi connectivity index (χ0) is 6.97. The monoisotopic (exact) mass is 136 g/mol. The van der Waals surface area contributed by atoms with Crippen LogP contribution in [0.4, 0.5) is 0 Å². The third kappa shape index (κ3) is 0.652. The lowest BCUT2D eigenvalue weighted by molar-refractivity contribution is 0.247. The summed E-state index contributed by atoms with van der Waals surface area (Å²) in [7, 11) is 0. The Morgan fingerprint density at radius 1 is 1.50 bits per heavy atom. The van der Waals surface area contributed by atoms with Crippen molar-refractivity contribution < 1.29 is 9.47 Å². The Labute approximate surface area is 59.4 Å². The van der Waals surface area contributed by atoms with Crippen LogP contribution in [0.2, 0.25) is 0 Å². The molecule has 0 saturated carbocycles. The van der Waals surface area contributed by atoms with Crippen LogP contribution in [0.25, 0.3) is 0 Å². The van der Waals surface area contributed by atoms with E-state index in [0.29, 0.717) is 6.61 Å². The highest BCUT2D eigenvalue weighted by atomic mass is 16.5. The maximum atomic E-state index is 5.28. The van der Waals surface area contributed by atoms with E-state index in [1.165, 1.54) is 11.1 Å². The molecule has 0 aliphatic carbocycles. The van der Waals surface area contributed by atoms with E-state index in [4.69, 9.17) is 9.47 Å². The van der Waals surface area contributed by atoms with Gasteiger partial charge >= 0.3 is 0 Å². The van der Waals surface area contributed by atoms with Gasteiger partial charge < -0.3 is 9.47 Å². The Morgan fingerprint density at radius 2 is 2.40 bits per heavy atom. The average Bonchev–Trinajstić information content (AvgIpc) is 2.34. The van der Waals surface area contributed by atoms with Gasteiger partial charge in [-0.2, -0.15) is 0 Å². The summed E-state index contributed by atoms with van der Waals surface area (Å²) in [6, 6.07) is 0. The summed E-state index contributed by atoms with van der Waals surface area (Å²) in [5, 5.41) is 0. The van der Waals surface area contributed by atoms with Gasteiger partial charge in [0.15, 0.2) is 5.76 Å². The van der Waals surface area contributed by atoms with Crippen molar-refractivity contribution in [2.75, 3.05) is 6.61 Å². The zero-order valence-electron chi connectivity index (χ0n) is 5.76. The lowest BCUT2D eigenvalue weighted by atomic mass is 10.1. The maximum Gasteiger partial charge on any atom is 0.162 e. The van der Waals surface area contributed by atoms with Gasteiger partial charge in [0.2, 0.25) is 0 Å². The molecule has 52 valence electrons. The molecule has 2 heteroatoms. The summed E-state index contributed by atoms with van der Waals surface area (Å²) in [6.45, 7) is 2.76. The standard InChI is InChI=1S/C8H8O2/c1-6-4-10-8-5-9-3-2-7(6)8/h2-3,5H,4H2,1H3. The van der Waals surface area contributed by atoms with E-state index in [-0.39, 0.29) is 0 Å². The number of hydrogen-bond acceptors (Lipinski definition) is 2. The summed E-state index contributed by atoms with van der Waals surface area (Å²) in [6.07, 6.45) is 5.22. The van der Waals surface area contributed by atoms with Gasteiger partial charge in [-0.1, -0.05) is 0 Å². The van der Waals surface area contributed by atoms with Gasteiger partial charge in [0, 0.05) is 5.57 Å². The molecule has 0 bridgehead atoms. The molecule has 0 N–H and O–H groups in total. The number of rotatable bonds is 0. The van der Waals surface area contributed by atoms with Gasteiger partial charge in [0.25, 0.3) is 0 Å². The SMILES string of the molecule is CC1=C2C=COC=C2OC1. The number of ether oxygens (including phenoxy) is 2. The molecular weight excluding hydrogens is 128 g/mol. The van der Waals surface area contributed by atoms with E-state index in [0.717, 1.165) is 5.76 Å². The highest BCUT2D eigenvalue weighted by Gasteiger charge is 2.17. The molecule has 2 aliphatic rings. The van der Waals surface area contributed by atoms with Crippen molar-refractivity contribution in [1.29, 1.82) is 0 Å². The van der Waals surface area contributed by atoms with Gasteiger partial charge in [-0.15, -0.1) is 0 Å². The van der Waals surface area contributed by atoms with Gasteiger partial charge in [-0.05, 0) is 18.6 Å². The van der Waals surface area contributed by atoms with Crippen LogP contribution in [0.3, 0.4) is 0 Å². The van der Waals surface area contributed by atoms with Gasteiger partial charge in [0.1, 0.15) is 12.9 Å². The van der Waals surface area contributed by atoms with Crippen LogP contribution in [0.1, 0.15) is 6.92 Å². The molecule has 0 saturated heterocycles. The molecule has 0 radical (unpaired) electrons. The first-order chi connectivity index (χ1) is 4.88. The fourth-order valence-corrected chi connectivity index (χ4v) is 1.08. The summed E-state index contributed by atoms with van der Waals surface area (Å²) in [4.78, 5) is 0. The molecule has 2 nitrogen and oxygen atoms in total. The van der Waals surface area contributed by atoms with Crippen molar-refractivity contribution in [3.63, 3.8) is 0 Å². The number of hydrogen-bond donors (Lipinski definition) is 0. The fourth-order valence-electron chi connectivity index (χ4n) is 1.08. The van der Waals surface area contributed by atoms with Crippen molar-refractivity contribution in [3.05, 3.63) is 35.5 Å². The maximum absolute atomic E-state index is 5.28. The molecular formula is C8H8O2. The molecule has 0 aromatic carbocycles. The zero-order valence-corrected chi connectivity index (χ0v) is 5.76. The lowest BCUT2D eigenvalue weighted by Crippen LogP contribution is -1.89. The molecule has 0 amide bonds. The lowest BCUT2D eigenvalue weighted by Gasteiger charge is -2.04. The van der Waals surface area contributed by atoms with Crippen LogP contribution < -0.4 is 0 Å². The Kier molecular flexibility index (Phi) is 1.07. The number of allylic oxidation sites excluding steroid dienone is 1. The second kappa shape index (κ2) is 1.90. The van der Waals surface area contributed by atoms with Gasteiger partial charge in [-0.25, -0.2) is 0 Å². The molecule has 0 spiro atoms. The normalized spacial score (nSPS) is 21.5. The third-order valence-electron chi connectivity index (χ3n) is 1.66. The van der Waals surface area contributed by atoms with E-state index >= 15 is 0 Å². The topological polar surface area (TPSA) is 18.5 Å². The highest BCUT2D eigenvalue weighted by Crippen LogP contribution is 2.27. The quantitative estimate of drug-likeness (QED) is 0.504. The van der Waals surface area contributed by atoms with Crippen LogP contribution in [-0.4, -0.2) is 6.61 Å². The summed E-state index contributed by atoms with van der Waals surface area (Å²) >= 11 is 0. The predicted octanol–water partition coefficient (Wildman–Crippen LogP) is 1.72. The first-order valence-electron chi connectivity index (χ1n) is 3.23. The Balaban J connectivity index is 2.44. The third-order valence-corrected chi connectivity index (χ3v) is 1.66. The van der Waals surface area contributed by atoms with Crippen LogP contribution in [0, 0.1) is 0 Å². The minimum atomic E-state index is 0.703. The summed E-state index contributed by atoms with van der Waals surface area (Å²) in [5.74, 6) is 0.861. The Hall–Kier alpha value is -1.18. The predicted molar refractivity (Wildman–Crippen MR) is 37.0 cm³/mol. The molecule has 0 fully saturated rings. The molecule has 0 aromatic heterocycles. The van der Waals surface area contributed by atoms with Crippen molar-refractivity contribution >= 4 is 0 Å². The van der Waals surface area contributed by atoms with Crippen molar-refractivity contribution in [2.24, 2.45) is 0 Å². The molecule has 2 heterocycles. The van der Waals surface area contributed by atoms with E-state index in [1.807, 2.05) is 6.08 Å². The molecule has 0 atom stereocenters. The Bertz CT molecular complexity index is 246. The fraction of sp³-hybridized carbons (Fsp3) is 0.250. The first kappa shape index (κ1) is 5.59. The molecule has 0 unspecified atom stereocenters. The van der Waals surface area contributed by atoms with E-state index in [2.05, 4.69) is 6.92 Å². The Morgan fingerprint density at radius 3 is 3.20 bits per heavy atom. The molecule has 2 rings (SSSR count). The average molecular weight is 136 g/mol. The van der Waals surface area contributed by atoms with Crippen LogP contribution in [0.5, 0.6) is 0 Å².